The van der Waals surface area contributed by atoms with E-state index in [9.17, 15) is 18.0 Å². The Hall–Kier alpha value is -3.11. The molecule has 0 aliphatic carbocycles. The van der Waals surface area contributed by atoms with Crippen molar-refractivity contribution < 1.29 is 37.3 Å². The van der Waals surface area contributed by atoms with Crippen LogP contribution in [0.4, 0.5) is 13.2 Å². The van der Waals surface area contributed by atoms with Gasteiger partial charge in [-0.1, -0.05) is 43.3 Å². The minimum absolute atomic E-state index is 0.00411. The fourth-order valence-corrected chi connectivity index (χ4v) is 4.44. The zero-order valence-electron chi connectivity index (χ0n) is 19.6. The normalized spacial score (nSPS) is 21.2. The Bertz CT molecular complexity index is 1050. The van der Waals surface area contributed by atoms with E-state index in [0.717, 1.165) is 25.3 Å². The third-order valence-corrected chi connectivity index (χ3v) is 6.12. The Morgan fingerprint density at radius 3 is 2.60 bits per heavy atom. The Kier molecular flexibility index (Phi) is 8.39. The van der Waals surface area contributed by atoms with Gasteiger partial charge in [-0.2, -0.15) is 13.2 Å². The first-order valence-electron chi connectivity index (χ1n) is 11.3. The molecule has 2 atom stereocenters. The van der Waals surface area contributed by atoms with Gasteiger partial charge in [0.1, 0.15) is 11.9 Å². The van der Waals surface area contributed by atoms with E-state index in [-0.39, 0.29) is 11.4 Å². The Morgan fingerprint density at radius 2 is 1.94 bits per heavy atom. The maximum absolute atomic E-state index is 12.5. The molecule has 1 fully saturated rings. The number of nitrogens with zero attached hydrogens (tertiary/aromatic N) is 1. The molecule has 190 valence electrons. The minimum atomic E-state index is -5.08. The van der Waals surface area contributed by atoms with Gasteiger partial charge in [0.15, 0.2) is 0 Å². The van der Waals surface area contributed by atoms with Crippen molar-refractivity contribution in [2.45, 2.75) is 50.7 Å². The van der Waals surface area contributed by atoms with Crippen LogP contribution in [0.1, 0.15) is 36.5 Å². The molecule has 2 unspecified atom stereocenters. The highest BCUT2D eigenvalue weighted by Crippen LogP contribution is 2.47. The summed E-state index contributed by atoms with van der Waals surface area (Å²) in [6.45, 7) is 4.94. The van der Waals surface area contributed by atoms with E-state index in [1.54, 1.807) is 7.11 Å². The minimum Gasteiger partial charge on any atom is -0.497 e. The van der Waals surface area contributed by atoms with E-state index in [4.69, 9.17) is 19.4 Å². The predicted octanol–water partition coefficient (Wildman–Crippen LogP) is 3.85. The number of hydrogen-bond donors (Lipinski definition) is 2. The van der Waals surface area contributed by atoms with Crippen LogP contribution in [0, 0.1) is 0 Å². The van der Waals surface area contributed by atoms with Crippen molar-refractivity contribution in [1.82, 2.24) is 10.2 Å². The van der Waals surface area contributed by atoms with Crippen LogP contribution in [0.3, 0.4) is 0 Å². The number of benzene rings is 2. The van der Waals surface area contributed by atoms with Gasteiger partial charge in [-0.15, -0.1) is 0 Å². The van der Waals surface area contributed by atoms with E-state index in [2.05, 4.69) is 53.5 Å². The van der Waals surface area contributed by atoms with Crippen LogP contribution in [0.5, 0.6) is 5.75 Å². The predicted molar refractivity (Wildman–Crippen MR) is 122 cm³/mol. The lowest BCUT2D eigenvalue weighted by Gasteiger charge is -2.35. The second kappa shape index (κ2) is 11.1. The molecular weight excluding hydrogens is 465 g/mol. The van der Waals surface area contributed by atoms with E-state index >= 15 is 0 Å². The number of carbonyl (C=O) groups is 2. The van der Waals surface area contributed by atoms with Crippen molar-refractivity contribution in [1.29, 1.82) is 0 Å². The summed E-state index contributed by atoms with van der Waals surface area (Å²) < 4.78 is 43.2. The molecule has 4 rings (SSSR count). The average molecular weight is 495 g/mol. The first-order chi connectivity index (χ1) is 16.6. The molecule has 2 heterocycles. The first-order valence-corrected chi connectivity index (χ1v) is 11.3. The SMILES string of the molecule is CCCNC(=O)C1CC2(CO1)c1ccccc1CN2Cc1cccc(OC)c1.O=C(O)C(F)(F)F. The van der Waals surface area contributed by atoms with Crippen LogP contribution in [-0.4, -0.2) is 54.4 Å². The molecule has 1 saturated heterocycles. The highest BCUT2D eigenvalue weighted by atomic mass is 19.4. The van der Waals surface area contributed by atoms with Crippen LogP contribution in [0.2, 0.25) is 0 Å². The van der Waals surface area contributed by atoms with Crippen LogP contribution in [0.25, 0.3) is 0 Å². The highest BCUT2D eigenvalue weighted by Gasteiger charge is 2.52. The number of halogens is 3. The molecule has 0 aromatic heterocycles. The van der Waals surface area contributed by atoms with Gasteiger partial charge in [0, 0.05) is 26.1 Å². The molecule has 35 heavy (non-hydrogen) atoms. The van der Waals surface area contributed by atoms with Crippen LogP contribution < -0.4 is 10.1 Å². The zero-order chi connectivity index (χ0) is 25.6. The van der Waals surface area contributed by atoms with Gasteiger partial charge in [0.25, 0.3) is 0 Å². The summed E-state index contributed by atoms with van der Waals surface area (Å²) >= 11 is 0. The lowest BCUT2D eigenvalue weighted by atomic mass is 9.86. The van der Waals surface area contributed by atoms with Crippen molar-refractivity contribution in [2.75, 3.05) is 20.3 Å². The third-order valence-electron chi connectivity index (χ3n) is 6.12. The van der Waals surface area contributed by atoms with Crippen LogP contribution in [0.15, 0.2) is 48.5 Å². The summed E-state index contributed by atoms with van der Waals surface area (Å²) in [6, 6.07) is 16.7. The standard InChI is InChI=1S/C23H28N2O3.C2HF3O2/c1-3-11-24-22(26)21-13-23(16-28-21)20-10-5-4-8-18(20)15-25(23)14-17-7-6-9-19(12-17)27-2;3-2(4,5)1(6)7/h4-10,12,21H,3,11,13-16H2,1-2H3,(H,24,26);(H,6,7). The number of alkyl halides is 3. The number of carboxylic acid groups (broad SMARTS) is 1. The number of nitrogens with one attached hydrogen (secondary N) is 1. The summed E-state index contributed by atoms with van der Waals surface area (Å²) in [5.74, 6) is -1.89. The number of methoxy groups -OCH3 is 1. The van der Waals surface area contributed by atoms with Gasteiger partial charge >= 0.3 is 12.1 Å². The Morgan fingerprint density at radius 1 is 1.23 bits per heavy atom. The van der Waals surface area contributed by atoms with Crippen molar-refractivity contribution >= 4 is 11.9 Å². The summed E-state index contributed by atoms with van der Waals surface area (Å²) in [4.78, 5) is 23.9. The van der Waals surface area contributed by atoms with Crippen molar-refractivity contribution in [3.05, 3.63) is 65.2 Å². The Labute approximate surface area is 201 Å². The van der Waals surface area contributed by atoms with Crippen LogP contribution in [-0.2, 0) is 33.0 Å². The molecule has 2 aliphatic heterocycles. The molecular formula is C25H29F3N2O5. The summed E-state index contributed by atoms with van der Waals surface area (Å²) in [5, 5.41) is 10.1. The average Bonchev–Trinajstić information content (AvgIpc) is 3.40. The molecule has 2 aromatic rings. The van der Waals surface area contributed by atoms with Crippen molar-refractivity contribution in [3.8, 4) is 5.75 Å². The molecule has 10 heteroatoms. The Balaban J connectivity index is 0.000000429. The molecule has 2 aliphatic rings. The quantitative estimate of drug-likeness (QED) is 0.634. The fourth-order valence-electron chi connectivity index (χ4n) is 4.44. The molecule has 2 N–H and O–H groups in total. The lowest BCUT2D eigenvalue weighted by Crippen LogP contribution is -2.42. The van der Waals surface area contributed by atoms with Gasteiger partial charge in [-0.25, -0.2) is 4.79 Å². The van der Waals surface area contributed by atoms with Gasteiger partial charge in [-0.3, -0.25) is 9.69 Å². The number of amides is 1. The fraction of sp³-hybridized carbons (Fsp3) is 0.440. The molecule has 7 nitrogen and oxygen atoms in total. The molecule has 0 saturated carbocycles. The molecule has 0 bridgehead atoms. The van der Waals surface area contributed by atoms with Gasteiger partial charge < -0.3 is 19.9 Å². The third kappa shape index (κ3) is 6.12. The number of carboxylic acids is 1. The molecule has 1 spiro atoms. The van der Waals surface area contributed by atoms with Crippen molar-refractivity contribution in [2.24, 2.45) is 0 Å². The zero-order valence-corrected chi connectivity index (χ0v) is 19.6. The lowest BCUT2D eigenvalue weighted by molar-refractivity contribution is -0.192. The van der Waals surface area contributed by atoms with E-state index in [1.165, 1.54) is 16.7 Å². The van der Waals surface area contributed by atoms with Gasteiger partial charge in [-0.05, 0) is 35.2 Å². The maximum atomic E-state index is 12.5. The van der Waals surface area contributed by atoms with E-state index in [1.807, 2.05) is 12.1 Å². The number of ether oxygens (including phenoxy) is 2. The number of carbonyl (C=O) groups excluding carboxylic acids is 1. The largest absolute Gasteiger partial charge is 0.497 e. The molecule has 2 aromatic carbocycles. The number of aliphatic carboxylic acids is 1. The summed E-state index contributed by atoms with van der Waals surface area (Å²) in [6.07, 6.45) is -3.87. The van der Waals surface area contributed by atoms with E-state index in [0.29, 0.717) is 19.6 Å². The summed E-state index contributed by atoms with van der Waals surface area (Å²) in [5.41, 5.74) is 3.56. The smallest absolute Gasteiger partial charge is 0.490 e. The van der Waals surface area contributed by atoms with Crippen molar-refractivity contribution in [3.63, 3.8) is 0 Å². The number of fused-ring (bicyclic) bond motifs is 2. The monoisotopic (exact) mass is 494 g/mol. The van der Waals surface area contributed by atoms with Gasteiger partial charge in [0.05, 0.1) is 19.3 Å². The molecule has 1 amide bonds. The topological polar surface area (TPSA) is 88.1 Å². The number of rotatable bonds is 6. The first kappa shape index (κ1) is 26.5. The van der Waals surface area contributed by atoms with Gasteiger partial charge in [0.2, 0.25) is 5.91 Å². The second-order valence-corrected chi connectivity index (χ2v) is 8.49. The summed E-state index contributed by atoms with van der Waals surface area (Å²) in [7, 11) is 1.69. The molecule has 0 radical (unpaired) electrons. The second-order valence-electron chi connectivity index (χ2n) is 8.49. The number of hydrogen-bond acceptors (Lipinski definition) is 5. The van der Waals surface area contributed by atoms with E-state index < -0.39 is 18.2 Å². The maximum Gasteiger partial charge on any atom is 0.490 e. The van der Waals surface area contributed by atoms with Crippen LogP contribution >= 0.6 is 0 Å². The highest BCUT2D eigenvalue weighted by molar-refractivity contribution is 5.81.